The van der Waals surface area contributed by atoms with E-state index in [1.807, 2.05) is 23.1 Å². The lowest BCUT2D eigenvalue weighted by atomic mass is 9.74. The van der Waals surface area contributed by atoms with Crippen LogP contribution in [0.5, 0.6) is 0 Å². The van der Waals surface area contributed by atoms with Gasteiger partial charge in [0.2, 0.25) is 12.6 Å². The summed E-state index contributed by atoms with van der Waals surface area (Å²) in [4.78, 5) is 30.8. The van der Waals surface area contributed by atoms with Crippen molar-refractivity contribution in [3.05, 3.63) is 60.0 Å². The second-order valence-electron chi connectivity index (χ2n) is 10.5. The number of nitrogens with one attached hydrogen (secondary N) is 1. The van der Waals surface area contributed by atoms with Gasteiger partial charge in [0.25, 0.3) is 5.91 Å². The maximum absolute atomic E-state index is 13.6. The summed E-state index contributed by atoms with van der Waals surface area (Å²) in [5.74, 6) is -1.57. The molecule has 2 fully saturated rings. The molecular weight excluding hydrogens is 508 g/mol. The summed E-state index contributed by atoms with van der Waals surface area (Å²) in [5, 5.41) is 31.7. The molecule has 11 heteroatoms. The maximum Gasteiger partial charge on any atom is 0.303 e. The Balaban J connectivity index is 1.29. The Hall–Kier alpha value is -3.22. The Labute approximate surface area is 224 Å². The summed E-state index contributed by atoms with van der Waals surface area (Å²) in [6, 6.07) is 7.96. The third kappa shape index (κ3) is 4.25. The third-order valence-corrected chi connectivity index (χ3v) is 8.32. The minimum atomic E-state index is -1.56. The van der Waals surface area contributed by atoms with E-state index in [0.717, 1.165) is 24.6 Å². The molecule has 0 aliphatic carbocycles. The summed E-state index contributed by atoms with van der Waals surface area (Å²) in [6.07, 6.45) is -3.49. The molecule has 11 nitrogen and oxygen atoms in total. The van der Waals surface area contributed by atoms with Gasteiger partial charge in [0.05, 0.1) is 24.5 Å². The molecule has 1 aromatic carbocycles. The number of aromatic nitrogens is 1. The lowest BCUT2D eigenvalue weighted by Crippen LogP contribution is -2.61. The molecule has 1 aromatic heterocycles. The van der Waals surface area contributed by atoms with Crippen molar-refractivity contribution >= 4 is 22.8 Å². The van der Waals surface area contributed by atoms with Crippen LogP contribution in [0, 0.1) is 11.8 Å². The molecule has 0 saturated carbocycles. The average Bonchev–Trinajstić information content (AvgIpc) is 3.32. The van der Waals surface area contributed by atoms with Gasteiger partial charge in [0.1, 0.15) is 18.3 Å². The van der Waals surface area contributed by atoms with Crippen LogP contribution in [0.25, 0.3) is 10.9 Å². The minimum Gasteiger partial charge on any atom is -0.471 e. The monoisotopic (exact) mass is 540 g/mol. The molecule has 0 spiro atoms. The van der Waals surface area contributed by atoms with Gasteiger partial charge < -0.3 is 44.2 Å². The number of carbonyl (C=O) groups excluding carboxylic acids is 2. The van der Waals surface area contributed by atoms with E-state index in [1.54, 1.807) is 6.08 Å². The normalized spacial score (nSPS) is 35.8. The molecule has 0 radical (unpaired) electrons. The molecule has 208 valence electrons. The first-order valence-corrected chi connectivity index (χ1v) is 13.2. The van der Waals surface area contributed by atoms with Crippen LogP contribution in [-0.4, -0.2) is 87.2 Å². The average molecular weight is 541 g/mol. The van der Waals surface area contributed by atoms with Gasteiger partial charge in [-0.05, 0) is 24.5 Å². The molecule has 9 atom stereocenters. The molecule has 1 amide bonds. The van der Waals surface area contributed by atoms with Crippen molar-refractivity contribution in [2.24, 2.45) is 11.8 Å². The second-order valence-corrected chi connectivity index (χ2v) is 10.5. The highest BCUT2D eigenvalue weighted by Gasteiger charge is 2.52. The summed E-state index contributed by atoms with van der Waals surface area (Å²) >= 11 is 0. The molecule has 6 rings (SSSR count). The molecule has 4 aliphatic heterocycles. The van der Waals surface area contributed by atoms with E-state index in [0.29, 0.717) is 18.5 Å². The highest BCUT2D eigenvalue weighted by Crippen LogP contribution is 2.48. The Morgan fingerprint density at radius 1 is 1.26 bits per heavy atom. The number of aromatic amines is 1. The van der Waals surface area contributed by atoms with Crippen molar-refractivity contribution < 1.29 is 43.9 Å². The van der Waals surface area contributed by atoms with Gasteiger partial charge in [0, 0.05) is 41.9 Å². The molecular formula is C28H32N2O9. The van der Waals surface area contributed by atoms with Crippen LogP contribution in [-0.2, 0) is 35.0 Å². The zero-order valence-electron chi connectivity index (χ0n) is 21.4. The Kier molecular flexibility index (Phi) is 6.72. The summed E-state index contributed by atoms with van der Waals surface area (Å²) < 4.78 is 22.8. The van der Waals surface area contributed by atoms with Gasteiger partial charge in [0.15, 0.2) is 6.10 Å². The van der Waals surface area contributed by atoms with E-state index in [4.69, 9.17) is 18.9 Å². The van der Waals surface area contributed by atoms with Crippen LogP contribution in [0.15, 0.2) is 48.8 Å². The quantitative estimate of drug-likeness (QED) is 0.322. The fraction of sp³-hybridized carbons (Fsp3) is 0.500. The van der Waals surface area contributed by atoms with Crippen LogP contribution in [0.2, 0.25) is 0 Å². The van der Waals surface area contributed by atoms with Gasteiger partial charge in [-0.2, -0.15) is 0 Å². The first-order valence-electron chi connectivity index (χ1n) is 13.2. The number of para-hydroxylation sites is 1. The van der Waals surface area contributed by atoms with Crippen LogP contribution < -0.4 is 0 Å². The van der Waals surface area contributed by atoms with Crippen LogP contribution in [0.4, 0.5) is 0 Å². The lowest BCUT2D eigenvalue weighted by molar-refractivity contribution is -0.340. The van der Waals surface area contributed by atoms with E-state index in [2.05, 4.69) is 17.6 Å². The number of piperidine rings is 1. The van der Waals surface area contributed by atoms with E-state index >= 15 is 0 Å². The van der Waals surface area contributed by atoms with E-state index < -0.39 is 55.5 Å². The molecule has 5 heterocycles. The number of hydrogen-bond acceptors (Lipinski definition) is 9. The van der Waals surface area contributed by atoms with Gasteiger partial charge in [-0.3, -0.25) is 9.59 Å². The van der Waals surface area contributed by atoms with Gasteiger partial charge >= 0.3 is 5.97 Å². The number of aliphatic hydroxyl groups is 3. The Bertz CT molecular complexity index is 1320. The fourth-order valence-electron chi connectivity index (χ4n) is 6.43. The number of hydrogen-bond donors (Lipinski definition) is 4. The lowest BCUT2D eigenvalue weighted by Gasteiger charge is -2.48. The predicted octanol–water partition coefficient (Wildman–Crippen LogP) is 1.04. The van der Waals surface area contributed by atoms with Crippen molar-refractivity contribution in [1.82, 2.24) is 9.88 Å². The van der Waals surface area contributed by atoms with Crippen LogP contribution >= 0.6 is 0 Å². The van der Waals surface area contributed by atoms with Gasteiger partial charge in [-0.1, -0.05) is 24.3 Å². The molecule has 2 aromatic rings. The smallest absolute Gasteiger partial charge is 0.303 e. The highest BCUT2D eigenvalue weighted by molar-refractivity contribution is 5.96. The Morgan fingerprint density at radius 3 is 2.79 bits per heavy atom. The number of amides is 1. The number of fused-ring (bicyclic) bond motifs is 6. The molecule has 2 saturated heterocycles. The van der Waals surface area contributed by atoms with Crippen LogP contribution in [0.1, 0.15) is 30.6 Å². The molecule has 4 N–H and O–H groups in total. The highest BCUT2D eigenvalue weighted by atomic mass is 16.8. The molecule has 9 unspecified atom stereocenters. The largest absolute Gasteiger partial charge is 0.471 e. The minimum absolute atomic E-state index is 0.101. The van der Waals surface area contributed by atoms with Crippen molar-refractivity contribution in [3.8, 4) is 0 Å². The first kappa shape index (κ1) is 26.0. The standard InChI is InChI=1S/C28H32N2O9/c1-3-14-17-10-20-22-16(15-6-4-5-7-19(15)29-22)8-9-30(20)26(35)18(17)12-36-27(14)39-28-25(37-13(2)32)24(34)23(33)21(11-31)38-28/h3-7,12,14,17,20-21,23-25,27-29,31,33-34H,1,8-11H2,2H3. The second kappa shape index (κ2) is 10.1. The number of nitrogens with zero attached hydrogens (tertiary/aromatic N) is 1. The van der Waals surface area contributed by atoms with Crippen molar-refractivity contribution in [1.29, 1.82) is 0 Å². The third-order valence-electron chi connectivity index (χ3n) is 8.32. The zero-order chi connectivity index (χ0) is 27.4. The number of rotatable bonds is 5. The number of H-pyrrole nitrogens is 1. The van der Waals surface area contributed by atoms with Crippen molar-refractivity contribution in [3.63, 3.8) is 0 Å². The summed E-state index contributed by atoms with van der Waals surface area (Å²) in [5.41, 5.74) is 3.83. The SMILES string of the molecule is C=CC1C(OC2OC(CO)C(O)C(O)C2OC(C)=O)OC=C2C(=O)N3CCc4c([nH]c5ccccc45)C3CC21. The fourth-order valence-corrected chi connectivity index (χ4v) is 6.43. The van der Waals surface area contributed by atoms with Gasteiger partial charge in [-0.15, -0.1) is 6.58 Å². The predicted molar refractivity (Wildman–Crippen MR) is 136 cm³/mol. The van der Waals surface area contributed by atoms with E-state index in [1.165, 1.54) is 17.2 Å². The molecule has 0 bridgehead atoms. The number of ether oxygens (including phenoxy) is 4. The topological polar surface area (TPSA) is 151 Å². The van der Waals surface area contributed by atoms with Crippen molar-refractivity contribution in [2.75, 3.05) is 13.2 Å². The number of esters is 1. The molecule has 4 aliphatic rings. The zero-order valence-corrected chi connectivity index (χ0v) is 21.4. The molecule has 39 heavy (non-hydrogen) atoms. The maximum atomic E-state index is 13.6. The number of aliphatic hydroxyl groups excluding tert-OH is 3. The summed E-state index contributed by atoms with van der Waals surface area (Å²) in [6.45, 7) is 5.15. The number of carbonyl (C=O) groups is 2. The van der Waals surface area contributed by atoms with Crippen molar-refractivity contribution in [2.45, 2.75) is 62.8 Å². The summed E-state index contributed by atoms with van der Waals surface area (Å²) in [7, 11) is 0. The van der Waals surface area contributed by atoms with Gasteiger partial charge in [-0.25, -0.2) is 0 Å². The Morgan fingerprint density at radius 2 is 2.05 bits per heavy atom. The van der Waals surface area contributed by atoms with E-state index in [-0.39, 0.29) is 17.9 Å². The number of benzene rings is 1. The van der Waals surface area contributed by atoms with E-state index in [9.17, 15) is 24.9 Å². The van der Waals surface area contributed by atoms with Crippen LogP contribution in [0.3, 0.4) is 0 Å². The first-order chi connectivity index (χ1) is 18.8.